The van der Waals surface area contributed by atoms with Crippen molar-refractivity contribution in [3.8, 4) is 5.75 Å². The van der Waals surface area contributed by atoms with Gasteiger partial charge >= 0.3 is 11.9 Å². The molecule has 1 aromatic carbocycles. The Labute approximate surface area is 152 Å². The predicted molar refractivity (Wildman–Crippen MR) is 97.9 cm³/mol. The number of ether oxygens (including phenoxy) is 2. The van der Waals surface area contributed by atoms with E-state index >= 15 is 0 Å². The van der Waals surface area contributed by atoms with Crippen molar-refractivity contribution in [3.05, 3.63) is 41.1 Å². The average molecular weight is 362 g/mol. The molecule has 1 heterocycles. The summed E-state index contributed by atoms with van der Waals surface area (Å²) < 4.78 is 10.5. The van der Waals surface area contributed by atoms with Crippen molar-refractivity contribution >= 4 is 29.3 Å². The van der Waals surface area contributed by atoms with Crippen LogP contribution in [0.15, 0.2) is 35.5 Å². The van der Waals surface area contributed by atoms with Gasteiger partial charge in [-0.2, -0.15) is 0 Å². The first-order valence-electron chi connectivity index (χ1n) is 8.22. The Kier molecular flexibility index (Phi) is 6.52. The monoisotopic (exact) mass is 362 g/mol. The highest BCUT2D eigenvalue weighted by atomic mass is 32.1. The maximum Gasteiger partial charge on any atom is 0.338 e. The van der Waals surface area contributed by atoms with Crippen molar-refractivity contribution in [2.45, 2.75) is 39.7 Å². The second-order valence-corrected chi connectivity index (χ2v) is 6.00. The maximum atomic E-state index is 12.4. The van der Waals surface area contributed by atoms with Crippen molar-refractivity contribution < 1.29 is 19.1 Å². The first-order valence-corrected chi connectivity index (χ1v) is 8.63. The van der Waals surface area contributed by atoms with E-state index in [1.54, 1.807) is 32.0 Å². The number of allylic oxidation sites excluding steroid dienone is 1. The van der Waals surface area contributed by atoms with Crippen LogP contribution in [0.25, 0.3) is 0 Å². The SMILES string of the molecule is CCCC(=O)Oc1cccc([C@@H]2NC(=S)NC(C)=C2C(=O)OCC)c1. The Morgan fingerprint density at radius 2 is 2.04 bits per heavy atom. The van der Waals surface area contributed by atoms with Crippen molar-refractivity contribution in [1.29, 1.82) is 0 Å². The fourth-order valence-electron chi connectivity index (χ4n) is 2.57. The quantitative estimate of drug-likeness (QED) is 0.458. The van der Waals surface area contributed by atoms with E-state index in [1.165, 1.54) is 0 Å². The van der Waals surface area contributed by atoms with Crippen molar-refractivity contribution in [2.24, 2.45) is 0 Å². The minimum atomic E-state index is -0.474. The molecule has 0 aliphatic carbocycles. The zero-order valence-corrected chi connectivity index (χ0v) is 15.4. The molecule has 0 saturated carbocycles. The summed E-state index contributed by atoms with van der Waals surface area (Å²) in [6.45, 7) is 5.72. The number of nitrogens with one attached hydrogen (secondary N) is 2. The van der Waals surface area contributed by atoms with E-state index in [-0.39, 0.29) is 12.6 Å². The predicted octanol–water partition coefficient (Wildman–Crippen LogP) is 2.75. The van der Waals surface area contributed by atoms with E-state index in [0.717, 1.165) is 12.0 Å². The average Bonchev–Trinajstić information content (AvgIpc) is 2.54. The first-order chi connectivity index (χ1) is 12.0. The minimum absolute atomic E-state index is 0.279. The molecule has 0 bridgehead atoms. The minimum Gasteiger partial charge on any atom is -0.463 e. The van der Waals surface area contributed by atoms with Gasteiger partial charge in [-0.3, -0.25) is 4.79 Å². The molecule has 2 N–H and O–H groups in total. The van der Waals surface area contributed by atoms with Crippen LogP contribution >= 0.6 is 12.2 Å². The normalized spacial score (nSPS) is 16.8. The fourth-order valence-corrected chi connectivity index (χ4v) is 2.84. The Hall–Kier alpha value is -2.41. The largest absolute Gasteiger partial charge is 0.463 e. The van der Waals surface area contributed by atoms with Gasteiger partial charge < -0.3 is 20.1 Å². The lowest BCUT2D eigenvalue weighted by Gasteiger charge is -2.30. The van der Waals surface area contributed by atoms with Gasteiger partial charge in [0.05, 0.1) is 18.2 Å². The molecule has 1 aliphatic heterocycles. The van der Waals surface area contributed by atoms with Crippen LogP contribution in [0.1, 0.15) is 45.2 Å². The first kappa shape index (κ1) is 18.9. The molecular weight excluding hydrogens is 340 g/mol. The second-order valence-electron chi connectivity index (χ2n) is 5.59. The van der Waals surface area contributed by atoms with E-state index in [1.807, 2.05) is 13.0 Å². The van der Waals surface area contributed by atoms with E-state index in [0.29, 0.717) is 28.6 Å². The van der Waals surface area contributed by atoms with Crippen LogP contribution in [0.2, 0.25) is 0 Å². The molecule has 25 heavy (non-hydrogen) atoms. The van der Waals surface area contributed by atoms with Gasteiger partial charge in [0.1, 0.15) is 5.75 Å². The van der Waals surface area contributed by atoms with Gasteiger partial charge in [0, 0.05) is 12.1 Å². The second kappa shape index (κ2) is 8.62. The topological polar surface area (TPSA) is 76.7 Å². The molecule has 0 spiro atoms. The van der Waals surface area contributed by atoms with E-state index in [4.69, 9.17) is 21.7 Å². The van der Waals surface area contributed by atoms with Crippen molar-refractivity contribution in [3.63, 3.8) is 0 Å². The van der Waals surface area contributed by atoms with Crippen LogP contribution in [0, 0.1) is 0 Å². The number of carbonyl (C=O) groups excluding carboxylic acids is 2. The molecule has 0 saturated heterocycles. The number of hydrogen-bond donors (Lipinski definition) is 2. The Morgan fingerprint density at radius 3 is 2.72 bits per heavy atom. The third-order valence-corrected chi connectivity index (χ3v) is 3.86. The summed E-state index contributed by atoms with van der Waals surface area (Å²) in [5.74, 6) is -0.269. The van der Waals surface area contributed by atoms with Crippen molar-refractivity contribution in [1.82, 2.24) is 10.6 Å². The van der Waals surface area contributed by atoms with Crippen LogP contribution in [-0.2, 0) is 14.3 Å². The molecule has 134 valence electrons. The Bertz CT molecular complexity index is 715. The smallest absolute Gasteiger partial charge is 0.338 e. The fraction of sp³-hybridized carbons (Fsp3) is 0.389. The lowest BCUT2D eigenvalue weighted by atomic mass is 9.95. The van der Waals surface area contributed by atoms with Gasteiger partial charge in [-0.15, -0.1) is 0 Å². The van der Waals surface area contributed by atoms with Crippen LogP contribution in [0.4, 0.5) is 0 Å². The molecule has 0 fully saturated rings. The Morgan fingerprint density at radius 1 is 1.28 bits per heavy atom. The zero-order valence-electron chi connectivity index (χ0n) is 14.5. The molecule has 0 unspecified atom stereocenters. The lowest BCUT2D eigenvalue weighted by molar-refractivity contribution is -0.139. The molecule has 0 aromatic heterocycles. The zero-order chi connectivity index (χ0) is 18.4. The third kappa shape index (κ3) is 4.79. The molecule has 0 amide bonds. The molecule has 1 aromatic rings. The van der Waals surface area contributed by atoms with Crippen LogP contribution in [-0.4, -0.2) is 23.7 Å². The lowest BCUT2D eigenvalue weighted by Crippen LogP contribution is -2.45. The summed E-state index contributed by atoms with van der Waals surface area (Å²) in [6.07, 6.45) is 1.07. The van der Waals surface area contributed by atoms with Gasteiger partial charge in [0.15, 0.2) is 5.11 Å². The standard InChI is InChI=1S/C18H22N2O4S/c1-4-7-14(21)24-13-9-6-8-12(10-13)16-15(17(22)23-5-2)11(3)19-18(25)20-16/h6,8-10,16H,4-5,7H2,1-3H3,(H2,19,20,25)/t16-/m0/s1. The summed E-state index contributed by atoms with van der Waals surface area (Å²) in [5.41, 5.74) is 1.85. The van der Waals surface area contributed by atoms with E-state index in [9.17, 15) is 9.59 Å². The number of esters is 2. The number of thiocarbonyl (C=S) groups is 1. The summed E-state index contributed by atoms with van der Waals surface area (Å²) in [7, 11) is 0. The highest BCUT2D eigenvalue weighted by Crippen LogP contribution is 2.29. The number of benzene rings is 1. The molecule has 2 rings (SSSR count). The van der Waals surface area contributed by atoms with Crippen LogP contribution in [0.3, 0.4) is 0 Å². The van der Waals surface area contributed by atoms with Gasteiger partial charge in [-0.25, -0.2) is 4.79 Å². The maximum absolute atomic E-state index is 12.4. The molecule has 1 atom stereocenters. The van der Waals surface area contributed by atoms with Crippen LogP contribution in [0.5, 0.6) is 5.75 Å². The molecular formula is C18H22N2O4S. The molecule has 1 aliphatic rings. The highest BCUT2D eigenvalue weighted by Gasteiger charge is 2.31. The third-order valence-electron chi connectivity index (χ3n) is 3.64. The number of rotatable bonds is 6. The van der Waals surface area contributed by atoms with E-state index in [2.05, 4.69) is 10.6 Å². The highest BCUT2D eigenvalue weighted by molar-refractivity contribution is 7.80. The summed E-state index contributed by atoms with van der Waals surface area (Å²) in [6, 6.07) is 6.57. The number of carbonyl (C=O) groups is 2. The Balaban J connectivity index is 2.34. The van der Waals surface area contributed by atoms with Gasteiger partial charge in [-0.1, -0.05) is 19.1 Å². The van der Waals surface area contributed by atoms with Gasteiger partial charge in [0.2, 0.25) is 0 Å². The summed E-state index contributed by atoms with van der Waals surface area (Å²) in [4.78, 5) is 24.1. The number of hydrogen-bond acceptors (Lipinski definition) is 5. The van der Waals surface area contributed by atoms with Crippen molar-refractivity contribution in [2.75, 3.05) is 6.61 Å². The van der Waals surface area contributed by atoms with Gasteiger partial charge in [0.25, 0.3) is 0 Å². The van der Waals surface area contributed by atoms with E-state index < -0.39 is 12.0 Å². The summed E-state index contributed by atoms with van der Waals surface area (Å²) >= 11 is 5.21. The van der Waals surface area contributed by atoms with Crippen LogP contribution < -0.4 is 15.4 Å². The van der Waals surface area contributed by atoms with Gasteiger partial charge in [-0.05, 0) is 50.2 Å². The molecule has 6 nitrogen and oxygen atoms in total. The molecule has 0 radical (unpaired) electrons. The summed E-state index contributed by atoms with van der Waals surface area (Å²) in [5, 5.41) is 6.45. The molecule has 7 heteroatoms.